The molecule has 4 rings (SSSR count). The van der Waals surface area contributed by atoms with Crippen molar-refractivity contribution in [2.45, 2.75) is 52.4 Å². The molecule has 206 valence electrons. The number of aliphatic imine (C=N–C) groups is 2. The topological polar surface area (TPSA) is 65.2 Å². The molecule has 0 unspecified atom stereocenters. The van der Waals surface area contributed by atoms with Crippen molar-refractivity contribution in [3.05, 3.63) is 127 Å². The quantitative estimate of drug-likeness (QED) is 0.178. The molecule has 0 spiro atoms. The van der Waals surface area contributed by atoms with Gasteiger partial charge in [0.05, 0.1) is 11.4 Å². The number of rotatable bonds is 4. The van der Waals surface area contributed by atoms with E-state index in [1.807, 2.05) is 97.1 Å². The van der Waals surface area contributed by atoms with Gasteiger partial charge in [-0.1, -0.05) is 102 Å². The van der Waals surface area contributed by atoms with Crippen LogP contribution < -0.4 is 0 Å². The zero-order chi connectivity index (χ0) is 27.8. The van der Waals surface area contributed by atoms with Crippen molar-refractivity contribution < 1.29 is 36.4 Å². The Bertz CT molecular complexity index is 1280. The molecule has 0 aliphatic rings. The second kappa shape index (κ2) is 15.5. The molecule has 4 nitrogen and oxygen atoms in total. The summed E-state index contributed by atoms with van der Waals surface area (Å²) >= 11 is 0. The van der Waals surface area contributed by atoms with Crippen molar-refractivity contribution in [3.8, 4) is 11.5 Å². The van der Waals surface area contributed by atoms with Gasteiger partial charge in [-0.25, -0.2) is 0 Å². The maximum Gasteiger partial charge on any atom is 2.00 e. The van der Waals surface area contributed by atoms with Crippen LogP contribution in [0.4, 0.5) is 11.4 Å². The van der Waals surface area contributed by atoms with Crippen LogP contribution in [0.25, 0.3) is 0 Å². The van der Waals surface area contributed by atoms with Crippen LogP contribution >= 0.6 is 0 Å². The molecule has 0 atom stereocenters. The molecule has 0 amide bonds. The predicted molar refractivity (Wildman–Crippen MR) is 167 cm³/mol. The number of benzene rings is 4. The smallest absolute Gasteiger partial charge is 0.507 e. The van der Waals surface area contributed by atoms with Gasteiger partial charge < -0.3 is 17.6 Å². The van der Waals surface area contributed by atoms with Crippen LogP contribution in [0.5, 0.6) is 11.5 Å². The van der Waals surface area contributed by atoms with Gasteiger partial charge in [0, 0.05) is 23.6 Å². The fourth-order valence-electron chi connectivity index (χ4n) is 3.86. The summed E-state index contributed by atoms with van der Waals surface area (Å²) in [6.07, 6.45) is 3.42. The number of nitrogens with zero attached hydrogens (tertiary/aromatic N) is 2. The Morgan fingerprint density at radius 1 is 0.500 bits per heavy atom. The van der Waals surface area contributed by atoms with E-state index >= 15 is 0 Å². The van der Waals surface area contributed by atoms with Gasteiger partial charge in [0.2, 0.25) is 0 Å². The summed E-state index contributed by atoms with van der Waals surface area (Å²) in [4.78, 5) is 8.75. The minimum atomic E-state index is -0.0827. The van der Waals surface area contributed by atoms with Crippen molar-refractivity contribution in [3.63, 3.8) is 0 Å². The zero-order valence-electron chi connectivity index (χ0n) is 24.7. The number of phenolic OH excluding ortho intramolecular Hbond substituents is 2. The van der Waals surface area contributed by atoms with Gasteiger partial charge in [0.15, 0.2) is 0 Å². The summed E-state index contributed by atoms with van der Waals surface area (Å²) in [7, 11) is 0. The fraction of sp³-hybridized carbons (Fsp3) is 0.229. The van der Waals surface area contributed by atoms with Crippen LogP contribution in [-0.4, -0.2) is 22.6 Å². The fourth-order valence-corrected chi connectivity index (χ4v) is 3.86. The van der Waals surface area contributed by atoms with Crippen LogP contribution in [-0.2, 0) is 37.0 Å². The predicted octanol–water partition coefficient (Wildman–Crippen LogP) is 9.33. The second-order valence-corrected chi connectivity index (χ2v) is 11.2. The Morgan fingerprint density at radius 2 is 0.825 bits per heavy atom. The third-order valence-electron chi connectivity index (χ3n) is 5.97. The SMILES string of the molecule is CC(C)(C)c1cccc(C=Nc2ccccc2)c1O.CC(C)(C)c1cccc(C=Nc2ccccc2)c1O.[CH3-].[Zr+2]. The molecule has 0 aromatic heterocycles. The molecule has 4 aromatic rings. The first-order valence-corrected chi connectivity index (χ1v) is 12.8. The second-order valence-electron chi connectivity index (χ2n) is 11.2. The van der Waals surface area contributed by atoms with Gasteiger partial charge in [0.25, 0.3) is 0 Å². The average Bonchev–Trinajstić information content (AvgIpc) is 2.88. The van der Waals surface area contributed by atoms with Crippen LogP contribution in [0.2, 0.25) is 0 Å². The Balaban J connectivity index is 0.000000381. The molecule has 0 saturated carbocycles. The standard InChI is InChI=1S/2C17H19NO.CH3.Zr/c2*1-17(2,3)15-11-7-8-13(16(15)19)12-18-14-9-5-4-6-10-14;;/h2*4-12,19H,1-3H3;1H3;/q;;-1;+2. The summed E-state index contributed by atoms with van der Waals surface area (Å²) in [5, 5.41) is 20.6. The molecule has 0 fully saturated rings. The van der Waals surface area contributed by atoms with E-state index in [0.29, 0.717) is 11.5 Å². The molecule has 0 aliphatic carbocycles. The van der Waals surface area contributed by atoms with E-state index in [2.05, 4.69) is 51.5 Å². The van der Waals surface area contributed by atoms with E-state index in [0.717, 1.165) is 33.6 Å². The average molecular weight is 613 g/mol. The van der Waals surface area contributed by atoms with Gasteiger partial charge in [-0.05, 0) is 58.4 Å². The minimum Gasteiger partial charge on any atom is -0.507 e. The third kappa shape index (κ3) is 10.0. The number of para-hydroxylation sites is 4. The van der Waals surface area contributed by atoms with Gasteiger partial charge >= 0.3 is 26.2 Å². The summed E-state index contributed by atoms with van der Waals surface area (Å²) in [6.45, 7) is 12.5. The van der Waals surface area contributed by atoms with E-state index in [1.54, 1.807) is 12.4 Å². The zero-order valence-corrected chi connectivity index (χ0v) is 27.1. The Kier molecular flexibility index (Phi) is 13.4. The van der Waals surface area contributed by atoms with Gasteiger partial charge in [-0.2, -0.15) is 0 Å². The normalized spacial score (nSPS) is 11.3. The number of phenols is 2. The van der Waals surface area contributed by atoms with Crippen LogP contribution in [0.3, 0.4) is 0 Å². The van der Waals surface area contributed by atoms with E-state index in [4.69, 9.17) is 0 Å². The van der Waals surface area contributed by atoms with Crippen LogP contribution in [0.15, 0.2) is 107 Å². The largest absolute Gasteiger partial charge is 2.00 e. The number of hydrogen-bond donors (Lipinski definition) is 2. The molecule has 0 saturated heterocycles. The van der Waals surface area contributed by atoms with Crippen molar-refractivity contribution >= 4 is 23.8 Å². The first-order chi connectivity index (χ1) is 18.0. The van der Waals surface area contributed by atoms with Crippen molar-refractivity contribution in [2.75, 3.05) is 0 Å². The van der Waals surface area contributed by atoms with E-state index in [1.165, 1.54) is 0 Å². The van der Waals surface area contributed by atoms with E-state index < -0.39 is 0 Å². The van der Waals surface area contributed by atoms with Gasteiger partial charge in [-0.3, -0.25) is 9.98 Å². The first kappa shape index (κ1) is 34.7. The Hall–Kier alpha value is -3.30. The third-order valence-corrected chi connectivity index (χ3v) is 5.97. The molecular formula is C35H41N2O2Zr+. The molecule has 0 radical (unpaired) electrons. The van der Waals surface area contributed by atoms with Gasteiger partial charge in [-0.15, -0.1) is 0 Å². The minimum absolute atomic E-state index is 0. The molecule has 0 heterocycles. The molecular weight excluding hydrogens is 572 g/mol. The molecule has 0 aliphatic heterocycles. The van der Waals surface area contributed by atoms with E-state index in [-0.39, 0.29) is 44.5 Å². The number of hydrogen-bond acceptors (Lipinski definition) is 4. The Labute approximate surface area is 259 Å². The molecule has 40 heavy (non-hydrogen) atoms. The maximum atomic E-state index is 10.3. The Morgan fingerprint density at radius 3 is 1.12 bits per heavy atom. The molecule has 0 bridgehead atoms. The van der Waals surface area contributed by atoms with E-state index in [9.17, 15) is 10.2 Å². The van der Waals surface area contributed by atoms with Crippen molar-refractivity contribution in [1.29, 1.82) is 0 Å². The van der Waals surface area contributed by atoms with Gasteiger partial charge in [0.1, 0.15) is 11.5 Å². The van der Waals surface area contributed by atoms with Crippen LogP contribution in [0.1, 0.15) is 63.8 Å². The first-order valence-electron chi connectivity index (χ1n) is 12.8. The molecule has 2 N–H and O–H groups in total. The summed E-state index contributed by atoms with van der Waals surface area (Å²) in [6, 6.07) is 31.0. The van der Waals surface area contributed by atoms with Crippen molar-refractivity contribution in [1.82, 2.24) is 0 Å². The summed E-state index contributed by atoms with van der Waals surface area (Å²) in [5.41, 5.74) is 4.95. The monoisotopic (exact) mass is 611 g/mol. The number of aromatic hydroxyl groups is 2. The molecule has 5 heteroatoms. The molecule has 4 aromatic carbocycles. The summed E-state index contributed by atoms with van der Waals surface area (Å²) in [5.74, 6) is 0.629. The van der Waals surface area contributed by atoms with Crippen LogP contribution in [0, 0.1) is 7.43 Å². The maximum absolute atomic E-state index is 10.3. The van der Waals surface area contributed by atoms with Crippen molar-refractivity contribution in [2.24, 2.45) is 9.98 Å². The summed E-state index contributed by atoms with van der Waals surface area (Å²) < 4.78 is 0.